The molecule has 1 N–H and O–H groups in total. The van der Waals surface area contributed by atoms with Crippen molar-refractivity contribution in [2.24, 2.45) is 5.41 Å². The van der Waals surface area contributed by atoms with Gasteiger partial charge in [0, 0.05) is 24.5 Å². The minimum Gasteiger partial charge on any atom is -0.550 e. The van der Waals surface area contributed by atoms with Crippen molar-refractivity contribution in [1.29, 1.82) is 0 Å². The SMILES string of the molecule is COc1cc2sc(CNC(=O)C3(CC(=O)[O-])Cc4ccccc4C3)nc2cc1OCCCC[N+](C)(C)C. The second-order valence-electron chi connectivity index (χ2n) is 10.8. The second kappa shape index (κ2) is 11.1. The lowest BCUT2D eigenvalue weighted by Gasteiger charge is -2.28. The van der Waals surface area contributed by atoms with Gasteiger partial charge in [-0.05, 0) is 36.8 Å². The highest BCUT2D eigenvalue weighted by Crippen LogP contribution is 2.40. The molecule has 0 fully saturated rings. The highest BCUT2D eigenvalue weighted by molar-refractivity contribution is 7.18. The van der Waals surface area contributed by atoms with Gasteiger partial charge in [0.25, 0.3) is 0 Å². The summed E-state index contributed by atoms with van der Waals surface area (Å²) in [6.45, 7) is 1.89. The molecule has 3 aromatic rings. The number of hydrogen-bond donors (Lipinski definition) is 1. The van der Waals surface area contributed by atoms with Crippen LogP contribution < -0.4 is 19.9 Å². The first-order valence-corrected chi connectivity index (χ1v) is 13.4. The summed E-state index contributed by atoms with van der Waals surface area (Å²) in [5, 5.41) is 15.2. The summed E-state index contributed by atoms with van der Waals surface area (Å²) in [4.78, 5) is 29.5. The molecule has 4 rings (SSSR count). The smallest absolute Gasteiger partial charge is 0.227 e. The van der Waals surface area contributed by atoms with Gasteiger partial charge >= 0.3 is 0 Å². The number of amides is 1. The number of methoxy groups -OCH3 is 1. The zero-order valence-corrected chi connectivity index (χ0v) is 22.8. The summed E-state index contributed by atoms with van der Waals surface area (Å²) in [6, 6.07) is 11.5. The van der Waals surface area contributed by atoms with Crippen LogP contribution in [0.2, 0.25) is 0 Å². The molecule has 0 spiro atoms. The molecule has 0 saturated carbocycles. The molecule has 1 aliphatic rings. The quantitative estimate of drug-likeness (QED) is 0.288. The molecule has 0 radical (unpaired) electrons. The number of benzene rings is 2. The number of aliphatic carboxylic acids is 1. The standard InChI is InChI=1S/C28H35N3O5S/c1-31(2,3)11-7-8-12-36-23-13-21-24(14-22(23)35-4)37-25(30-21)18-29-27(34)28(17-26(32)33)15-19-9-5-6-10-20(19)16-28/h5-6,9-10,13-14H,7-8,11-12,15-18H2,1-4H3,(H-,29,32,33,34). The molecule has 9 heteroatoms. The molecule has 1 heterocycles. The number of carbonyl (C=O) groups excluding carboxylic acids is 2. The lowest BCUT2D eigenvalue weighted by atomic mass is 9.80. The number of unbranched alkanes of at least 4 members (excludes halogenated alkanes) is 1. The lowest BCUT2D eigenvalue weighted by molar-refractivity contribution is -0.870. The van der Waals surface area contributed by atoms with Crippen molar-refractivity contribution in [3.05, 3.63) is 52.5 Å². The monoisotopic (exact) mass is 525 g/mol. The Morgan fingerprint density at radius 3 is 2.43 bits per heavy atom. The van der Waals surface area contributed by atoms with Crippen LogP contribution in [0.5, 0.6) is 11.5 Å². The number of carboxylic acid groups (broad SMARTS) is 1. The molecule has 0 aliphatic heterocycles. The predicted molar refractivity (Wildman–Crippen MR) is 142 cm³/mol. The van der Waals surface area contributed by atoms with Crippen LogP contribution >= 0.6 is 11.3 Å². The third kappa shape index (κ3) is 6.59. The molecule has 2 aromatic carbocycles. The van der Waals surface area contributed by atoms with E-state index in [-0.39, 0.29) is 18.9 Å². The molecule has 8 nitrogen and oxygen atoms in total. The van der Waals surface area contributed by atoms with Crippen LogP contribution in [-0.4, -0.2) is 62.7 Å². The van der Waals surface area contributed by atoms with Crippen LogP contribution in [0.25, 0.3) is 10.2 Å². The van der Waals surface area contributed by atoms with Gasteiger partial charge in [0.05, 0.1) is 63.6 Å². The number of aromatic nitrogens is 1. The van der Waals surface area contributed by atoms with E-state index in [4.69, 9.17) is 9.47 Å². The number of nitrogens with one attached hydrogen (secondary N) is 1. The molecule has 0 unspecified atom stereocenters. The maximum absolute atomic E-state index is 13.3. The van der Waals surface area contributed by atoms with E-state index in [9.17, 15) is 14.7 Å². The summed E-state index contributed by atoms with van der Waals surface area (Å²) in [6.07, 6.45) is 2.46. The predicted octanol–water partition coefficient (Wildman–Crippen LogP) is 2.71. The molecule has 1 amide bonds. The number of carboxylic acids is 1. The Balaban J connectivity index is 1.42. The number of quaternary nitrogens is 1. The van der Waals surface area contributed by atoms with Crippen molar-refractivity contribution in [3.8, 4) is 11.5 Å². The van der Waals surface area contributed by atoms with Gasteiger partial charge in [0.2, 0.25) is 5.91 Å². The van der Waals surface area contributed by atoms with Crippen LogP contribution in [0, 0.1) is 5.41 Å². The van der Waals surface area contributed by atoms with E-state index in [1.165, 1.54) is 11.3 Å². The van der Waals surface area contributed by atoms with Gasteiger partial charge in [-0.1, -0.05) is 24.3 Å². The van der Waals surface area contributed by atoms with Gasteiger partial charge in [-0.3, -0.25) is 4.79 Å². The minimum atomic E-state index is -1.22. The molecular formula is C28H35N3O5S. The third-order valence-electron chi connectivity index (χ3n) is 6.74. The Labute approximate surface area is 221 Å². The number of ether oxygens (including phenoxy) is 2. The molecule has 1 aliphatic carbocycles. The maximum Gasteiger partial charge on any atom is 0.227 e. The van der Waals surface area contributed by atoms with E-state index < -0.39 is 11.4 Å². The molecule has 0 atom stereocenters. The zero-order valence-electron chi connectivity index (χ0n) is 22.0. The van der Waals surface area contributed by atoms with Crippen molar-refractivity contribution in [2.75, 3.05) is 41.4 Å². The highest BCUT2D eigenvalue weighted by Gasteiger charge is 2.43. The summed E-state index contributed by atoms with van der Waals surface area (Å²) < 4.78 is 13.4. The maximum atomic E-state index is 13.3. The van der Waals surface area contributed by atoms with Crippen LogP contribution in [-0.2, 0) is 29.0 Å². The van der Waals surface area contributed by atoms with Gasteiger partial charge in [-0.15, -0.1) is 11.3 Å². The van der Waals surface area contributed by atoms with Crippen LogP contribution in [0.3, 0.4) is 0 Å². The Kier molecular flexibility index (Phi) is 8.04. The van der Waals surface area contributed by atoms with E-state index in [1.54, 1.807) is 7.11 Å². The molecule has 0 bridgehead atoms. The zero-order chi connectivity index (χ0) is 26.6. The molecule has 1 aromatic heterocycles. The van der Waals surface area contributed by atoms with E-state index >= 15 is 0 Å². The number of fused-ring (bicyclic) bond motifs is 2. The molecule has 37 heavy (non-hydrogen) atoms. The number of thiazole rings is 1. The lowest BCUT2D eigenvalue weighted by Crippen LogP contribution is -2.45. The minimum absolute atomic E-state index is 0.215. The number of carbonyl (C=O) groups is 2. The van der Waals surface area contributed by atoms with Crippen molar-refractivity contribution >= 4 is 33.4 Å². The first-order chi connectivity index (χ1) is 17.6. The van der Waals surface area contributed by atoms with E-state index in [1.807, 2.05) is 36.4 Å². The molecule has 198 valence electrons. The summed E-state index contributed by atoms with van der Waals surface area (Å²) in [5.41, 5.74) is 1.75. The molecular weight excluding hydrogens is 490 g/mol. The first kappa shape index (κ1) is 26.9. The number of rotatable bonds is 12. The van der Waals surface area contributed by atoms with Gasteiger partial charge in [0.15, 0.2) is 11.5 Å². The van der Waals surface area contributed by atoms with Crippen molar-refractivity contribution in [2.45, 2.75) is 38.6 Å². The van der Waals surface area contributed by atoms with Crippen molar-refractivity contribution in [1.82, 2.24) is 10.3 Å². The summed E-state index contributed by atoms with van der Waals surface area (Å²) in [5.74, 6) is -0.213. The third-order valence-corrected chi connectivity index (χ3v) is 7.76. The summed E-state index contributed by atoms with van der Waals surface area (Å²) in [7, 11) is 8.14. The van der Waals surface area contributed by atoms with Gasteiger partial charge in [-0.2, -0.15) is 0 Å². The van der Waals surface area contributed by atoms with Gasteiger partial charge in [0.1, 0.15) is 5.01 Å². The van der Waals surface area contributed by atoms with Crippen molar-refractivity contribution in [3.63, 3.8) is 0 Å². The highest BCUT2D eigenvalue weighted by atomic mass is 32.1. The van der Waals surface area contributed by atoms with E-state index in [2.05, 4.69) is 31.4 Å². The molecule has 0 saturated heterocycles. The largest absolute Gasteiger partial charge is 0.550 e. The average molecular weight is 526 g/mol. The Morgan fingerprint density at radius 2 is 1.81 bits per heavy atom. The summed E-state index contributed by atoms with van der Waals surface area (Å²) >= 11 is 1.46. The normalized spacial score (nSPS) is 14.4. The topological polar surface area (TPSA) is 101 Å². The van der Waals surface area contributed by atoms with Crippen molar-refractivity contribution < 1.29 is 28.7 Å². The van der Waals surface area contributed by atoms with Gasteiger partial charge < -0.3 is 29.2 Å². The number of nitrogens with zero attached hydrogens (tertiary/aromatic N) is 2. The fraction of sp³-hybridized carbons (Fsp3) is 0.464. The van der Waals surface area contributed by atoms with Crippen LogP contribution in [0.4, 0.5) is 0 Å². The fourth-order valence-electron chi connectivity index (χ4n) is 4.88. The van der Waals surface area contributed by atoms with Crippen LogP contribution in [0.1, 0.15) is 35.4 Å². The van der Waals surface area contributed by atoms with E-state index in [0.717, 1.165) is 50.2 Å². The van der Waals surface area contributed by atoms with Crippen LogP contribution in [0.15, 0.2) is 36.4 Å². The number of hydrogen-bond acceptors (Lipinski definition) is 7. The Bertz CT molecular complexity index is 1260. The van der Waals surface area contributed by atoms with E-state index in [0.29, 0.717) is 30.9 Å². The Hall–Kier alpha value is -3.17. The average Bonchev–Trinajstić information content (AvgIpc) is 3.41. The second-order valence-corrected chi connectivity index (χ2v) is 11.9. The first-order valence-electron chi connectivity index (χ1n) is 12.5. The fourth-order valence-corrected chi connectivity index (χ4v) is 5.80. The Morgan fingerprint density at radius 1 is 1.11 bits per heavy atom. The van der Waals surface area contributed by atoms with Gasteiger partial charge in [-0.25, -0.2) is 4.98 Å².